The minimum Gasteiger partial charge on any atom is -0.371 e. The van der Waals surface area contributed by atoms with Crippen LogP contribution in [-0.4, -0.2) is 57.6 Å². The molecule has 2 N–H and O–H groups in total. The van der Waals surface area contributed by atoms with Crippen molar-refractivity contribution in [2.45, 2.75) is 32.0 Å². The summed E-state index contributed by atoms with van der Waals surface area (Å²) in [7, 11) is 1.89. The highest BCUT2D eigenvalue weighted by atomic mass is 16.5. The van der Waals surface area contributed by atoms with Gasteiger partial charge in [0.15, 0.2) is 11.5 Å². The summed E-state index contributed by atoms with van der Waals surface area (Å²) in [6.07, 6.45) is 4.60. The van der Waals surface area contributed by atoms with Gasteiger partial charge in [-0.25, -0.2) is 14.8 Å². The van der Waals surface area contributed by atoms with Crippen molar-refractivity contribution in [3.63, 3.8) is 0 Å². The van der Waals surface area contributed by atoms with Gasteiger partial charge in [-0.3, -0.25) is 4.68 Å². The number of fused-ring (bicyclic) bond motifs is 3. The van der Waals surface area contributed by atoms with Crippen molar-refractivity contribution in [3.8, 4) is 11.4 Å². The van der Waals surface area contributed by atoms with Gasteiger partial charge in [0.05, 0.1) is 23.8 Å². The van der Waals surface area contributed by atoms with Gasteiger partial charge in [-0.15, -0.1) is 0 Å². The molecule has 2 saturated heterocycles. The van der Waals surface area contributed by atoms with Crippen molar-refractivity contribution in [2.24, 2.45) is 7.05 Å². The zero-order valence-electron chi connectivity index (χ0n) is 17.1. The summed E-state index contributed by atoms with van der Waals surface area (Å²) >= 11 is 0. The number of nitrogens with one attached hydrogen (secondary N) is 2. The number of aryl methyl sites for hydroxylation is 1. The van der Waals surface area contributed by atoms with Gasteiger partial charge in [0, 0.05) is 37.9 Å². The fraction of sp³-hybridized carbons (Fsp3) is 0.429. The van der Waals surface area contributed by atoms with Crippen LogP contribution in [0.15, 0.2) is 30.5 Å². The van der Waals surface area contributed by atoms with Crippen LogP contribution in [0.25, 0.3) is 22.4 Å². The maximum atomic E-state index is 11.7. The van der Waals surface area contributed by atoms with Gasteiger partial charge in [0.25, 0.3) is 0 Å². The number of urea groups is 1. The standard InChI is InChI=1S/C21H25N7O2/c1-3-22-21(29)24-14-6-4-13(5-7-14)18-25-19-17(10-23-27(19)2)20(26-18)28-11-15-8-9-16(12-28)30-15/h4-7,10,15-16H,3,8-9,11-12H2,1-2H3,(H2,22,24,29). The van der Waals surface area contributed by atoms with E-state index in [0.717, 1.165) is 54.0 Å². The Morgan fingerprint density at radius 2 is 1.90 bits per heavy atom. The second kappa shape index (κ2) is 7.56. The predicted octanol–water partition coefficient (Wildman–Crippen LogP) is 2.54. The zero-order valence-corrected chi connectivity index (χ0v) is 17.1. The lowest BCUT2D eigenvalue weighted by atomic mass is 10.2. The molecule has 2 aromatic heterocycles. The van der Waals surface area contributed by atoms with Gasteiger partial charge in [-0.1, -0.05) is 0 Å². The molecule has 0 saturated carbocycles. The normalized spacial score (nSPS) is 20.5. The monoisotopic (exact) mass is 407 g/mol. The highest BCUT2D eigenvalue weighted by Crippen LogP contribution is 2.33. The lowest BCUT2D eigenvalue weighted by Crippen LogP contribution is -2.43. The molecule has 3 aromatic rings. The summed E-state index contributed by atoms with van der Waals surface area (Å²) in [4.78, 5) is 23.7. The van der Waals surface area contributed by atoms with Crippen LogP contribution in [-0.2, 0) is 11.8 Å². The Morgan fingerprint density at radius 3 is 2.60 bits per heavy atom. The number of nitrogens with zero attached hydrogens (tertiary/aromatic N) is 5. The molecule has 2 fully saturated rings. The Labute approximate surface area is 174 Å². The summed E-state index contributed by atoms with van der Waals surface area (Å²) < 4.78 is 7.78. The minimum atomic E-state index is -0.220. The largest absolute Gasteiger partial charge is 0.371 e. The number of rotatable bonds is 4. The Balaban J connectivity index is 1.49. The van der Waals surface area contributed by atoms with E-state index in [2.05, 4.69) is 20.6 Å². The molecule has 2 bridgehead atoms. The Kier molecular flexibility index (Phi) is 4.74. The number of benzene rings is 1. The van der Waals surface area contributed by atoms with E-state index in [9.17, 15) is 4.79 Å². The van der Waals surface area contributed by atoms with Crippen molar-refractivity contribution in [3.05, 3.63) is 30.5 Å². The van der Waals surface area contributed by atoms with Crippen LogP contribution < -0.4 is 15.5 Å². The number of carbonyl (C=O) groups excluding carboxylic acids is 1. The van der Waals surface area contributed by atoms with Crippen molar-refractivity contribution in [2.75, 3.05) is 29.9 Å². The van der Waals surface area contributed by atoms with Crippen molar-refractivity contribution in [1.82, 2.24) is 25.1 Å². The number of hydrogen-bond acceptors (Lipinski definition) is 6. The van der Waals surface area contributed by atoms with E-state index in [0.29, 0.717) is 12.4 Å². The average molecular weight is 407 g/mol. The maximum absolute atomic E-state index is 11.7. The third kappa shape index (κ3) is 3.45. The number of hydrogen-bond donors (Lipinski definition) is 2. The molecule has 9 nitrogen and oxygen atoms in total. The molecular formula is C21H25N7O2. The maximum Gasteiger partial charge on any atom is 0.319 e. The molecule has 2 amide bonds. The SMILES string of the molecule is CCNC(=O)Nc1ccc(-c2nc(N3CC4CCC(C3)O4)c3cnn(C)c3n2)cc1. The van der Waals surface area contributed by atoms with Crippen molar-refractivity contribution in [1.29, 1.82) is 0 Å². The highest BCUT2D eigenvalue weighted by Gasteiger charge is 2.35. The van der Waals surface area contributed by atoms with E-state index in [-0.39, 0.29) is 18.2 Å². The number of amides is 2. The highest BCUT2D eigenvalue weighted by molar-refractivity contribution is 5.90. The zero-order chi connectivity index (χ0) is 20.7. The molecule has 1 aromatic carbocycles. The average Bonchev–Trinajstić information content (AvgIpc) is 3.29. The number of morpholine rings is 1. The van der Waals surface area contributed by atoms with Gasteiger partial charge < -0.3 is 20.3 Å². The van der Waals surface area contributed by atoms with Gasteiger partial charge in [0.2, 0.25) is 0 Å². The molecule has 5 rings (SSSR count). The fourth-order valence-electron chi connectivity index (χ4n) is 4.20. The lowest BCUT2D eigenvalue weighted by Gasteiger charge is -2.33. The van der Waals surface area contributed by atoms with E-state index in [1.165, 1.54) is 0 Å². The second-order valence-corrected chi connectivity index (χ2v) is 7.80. The fourth-order valence-corrected chi connectivity index (χ4v) is 4.20. The second-order valence-electron chi connectivity index (χ2n) is 7.80. The van der Waals surface area contributed by atoms with Crippen LogP contribution in [0.1, 0.15) is 19.8 Å². The lowest BCUT2D eigenvalue weighted by molar-refractivity contribution is 0.0303. The molecule has 0 radical (unpaired) electrons. The van der Waals surface area contributed by atoms with E-state index >= 15 is 0 Å². The number of carbonyl (C=O) groups is 1. The summed E-state index contributed by atoms with van der Waals surface area (Å²) in [5.41, 5.74) is 2.41. The van der Waals surface area contributed by atoms with E-state index in [1.807, 2.05) is 44.4 Å². The third-order valence-electron chi connectivity index (χ3n) is 5.65. The van der Waals surface area contributed by atoms with E-state index in [4.69, 9.17) is 14.7 Å². The first kappa shape index (κ1) is 18.8. The minimum absolute atomic E-state index is 0.220. The number of anilines is 2. The summed E-state index contributed by atoms with van der Waals surface area (Å²) in [6, 6.07) is 7.34. The van der Waals surface area contributed by atoms with Crippen LogP contribution in [0.5, 0.6) is 0 Å². The predicted molar refractivity (Wildman–Crippen MR) is 115 cm³/mol. The van der Waals surface area contributed by atoms with Crippen LogP contribution >= 0.6 is 0 Å². The quantitative estimate of drug-likeness (QED) is 0.690. The molecule has 2 unspecified atom stereocenters. The Hall–Kier alpha value is -3.20. The van der Waals surface area contributed by atoms with Crippen molar-refractivity contribution < 1.29 is 9.53 Å². The summed E-state index contributed by atoms with van der Waals surface area (Å²) in [6.45, 7) is 4.14. The molecule has 30 heavy (non-hydrogen) atoms. The topological polar surface area (TPSA) is 97.2 Å². The van der Waals surface area contributed by atoms with Crippen LogP contribution in [0.4, 0.5) is 16.3 Å². The number of aromatic nitrogens is 4. The van der Waals surface area contributed by atoms with Gasteiger partial charge in [-0.05, 0) is 44.0 Å². The first-order chi connectivity index (χ1) is 14.6. The van der Waals surface area contributed by atoms with Crippen LogP contribution in [0.2, 0.25) is 0 Å². The van der Waals surface area contributed by atoms with Crippen LogP contribution in [0, 0.1) is 0 Å². The van der Waals surface area contributed by atoms with Gasteiger partial charge in [-0.2, -0.15) is 5.10 Å². The summed E-state index contributed by atoms with van der Waals surface area (Å²) in [5.74, 6) is 1.55. The first-order valence-corrected chi connectivity index (χ1v) is 10.4. The Bertz CT molecular complexity index is 1070. The molecule has 156 valence electrons. The molecule has 2 aliphatic rings. The summed E-state index contributed by atoms with van der Waals surface area (Å²) in [5, 5.41) is 10.9. The van der Waals surface area contributed by atoms with E-state index in [1.54, 1.807) is 4.68 Å². The third-order valence-corrected chi connectivity index (χ3v) is 5.65. The smallest absolute Gasteiger partial charge is 0.319 e. The number of ether oxygens (including phenoxy) is 1. The molecular weight excluding hydrogens is 382 g/mol. The molecule has 0 aliphatic carbocycles. The van der Waals surface area contributed by atoms with Crippen LogP contribution in [0.3, 0.4) is 0 Å². The Morgan fingerprint density at radius 1 is 1.17 bits per heavy atom. The first-order valence-electron chi connectivity index (χ1n) is 10.4. The molecule has 9 heteroatoms. The molecule has 2 aliphatic heterocycles. The molecule has 2 atom stereocenters. The van der Waals surface area contributed by atoms with Gasteiger partial charge >= 0.3 is 6.03 Å². The molecule has 0 spiro atoms. The van der Waals surface area contributed by atoms with E-state index < -0.39 is 0 Å². The van der Waals surface area contributed by atoms with Gasteiger partial charge in [0.1, 0.15) is 5.82 Å². The molecule has 4 heterocycles. The van der Waals surface area contributed by atoms with Crippen molar-refractivity contribution >= 4 is 28.6 Å².